The van der Waals surface area contributed by atoms with Gasteiger partial charge in [0, 0.05) is 0 Å². The fourth-order valence-corrected chi connectivity index (χ4v) is 2.27. The average Bonchev–Trinajstić information content (AvgIpc) is 2.72. The van der Waals surface area contributed by atoms with E-state index < -0.39 is 43.0 Å². The number of hydrogen-bond donors (Lipinski definition) is 2. The summed E-state index contributed by atoms with van der Waals surface area (Å²) >= 11 is 4.57. The van der Waals surface area contributed by atoms with Gasteiger partial charge in [-0.15, -0.1) is 0 Å². The van der Waals surface area contributed by atoms with Gasteiger partial charge >= 0.3 is 0 Å². The first-order chi connectivity index (χ1) is 7.98. The number of thiocarbonyl (C=S) groups is 1. The fourth-order valence-electron chi connectivity index (χ4n) is 2.15. The second kappa shape index (κ2) is 4.70. The average molecular weight is 261 g/mol. The van der Waals surface area contributed by atoms with Crippen molar-refractivity contribution in [2.45, 2.75) is 50.3 Å². The van der Waals surface area contributed by atoms with Crippen molar-refractivity contribution in [3.63, 3.8) is 0 Å². The number of hydrogen-bond acceptors (Lipinski definition) is 7. The van der Waals surface area contributed by atoms with Crippen molar-refractivity contribution in [3.8, 4) is 0 Å². The molecule has 2 saturated heterocycles. The Hall–Kier alpha value is -0.400. The SMILES string of the molecule is CC1(C)O[C@H]2O[C@H]([C@H](O)CO)[C@H](N=C=S)[C@H]2O1. The van der Waals surface area contributed by atoms with Gasteiger partial charge in [0.25, 0.3) is 0 Å². The number of nitrogens with zero attached hydrogens (tertiary/aromatic N) is 1. The molecule has 0 bridgehead atoms. The van der Waals surface area contributed by atoms with Crippen LogP contribution in [0.4, 0.5) is 0 Å². The number of rotatable bonds is 3. The minimum absolute atomic E-state index is 0.420. The summed E-state index contributed by atoms with van der Waals surface area (Å²) in [6.45, 7) is 3.12. The van der Waals surface area contributed by atoms with Crippen molar-refractivity contribution in [2.24, 2.45) is 4.99 Å². The van der Waals surface area contributed by atoms with Gasteiger partial charge in [-0.05, 0) is 26.1 Å². The van der Waals surface area contributed by atoms with E-state index in [1.165, 1.54) is 0 Å². The molecule has 2 aliphatic rings. The van der Waals surface area contributed by atoms with Gasteiger partial charge in [0.15, 0.2) is 12.1 Å². The summed E-state index contributed by atoms with van der Waals surface area (Å²) in [7, 11) is 0. The van der Waals surface area contributed by atoms with Gasteiger partial charge < -0.3 is 24.4 Å². The largest absolute Gasteiger partial charge is 0.394 e. The van der Waals surface area contributed by atoms with Crippen LogP contribution in [0.15, 0.2) is 4.99 Å². The zero-order chi connectivity index (χ0) is 12.6. The van der Waals surface area contributed by atoms with E-state index in [4.69, 9.17) is 19.3 Å². The molecule has 2 heterocycles. The number of aliphatic imine (C=N–C) groups is 1. The van der Waals surface area contributed by atoms with Gasteiger partial charge in [-0.1, -0.05) is 0 Å². The van der Waals surface area contributed by atoms with Crippen LogP contribution in [0.1, 0.15) is 13.8 Å². The van der Waals surface area contributed by atoms with Gasteiger partial charge in [0.2, 0.25) is 0 Å². The summed E-state index contributed by atoms with van der Waals surface area (Å²) in [6, 6.07) is -0.513. The molecule has 0 spiro atoms. The van der Waals surface area contributed by atoms with Gasteiger partial charge in [0.05, 0.1) is 11.8 Å². The standard InChI is InChI=1S/C10H15NO5S/c1-10(2)15-8-6(11-4-17)7(5(13)3-12)14-9(8)16-10/h5-9,12-13H,3H2,1-2H3/t5-,6+,7-,8-,9-/m1/s1. The van der Waals surface area contributed by atoms with Crippen LogP contribution in [0, 0.1) is 0 Å². The Labute approximate surface area is 104 Å². The molecule has 7 heteroatoms. The fraction of sp³-hybridized carbons (Fsp3) is 0.900. The van der Waals surface area contributed by atoms with Crippen LogP contribution in [0.2, 0.25) is 0 Å². The Balaban J connectivity index is 2.18. The van der Waals surface area contributed by atoms with Crippen LogP contribution in [-0.4, -0.2) is 58.4 Å². The van der Waals surface area contributed by atoms with Crippen LogP contribution in [0.3, 0.4) is 0 Å². The molecule has 0 radical (unpaired) electrons. The monoisotopic (exact) mass is 261 g/mol. The molecule has 0 saturated carbocycles. The van der Waals surface area contributed by atoms with Gasteiger partial charge in [-0.3, -0.25) is 0 Å². The molecular formula is C10H15NO5S. The molecule has 2 fully saturated rings. The molecule has 2 N–H and O–H groups in total. The Morgan fingerprint density at radius 3 is 2.76 bits per heavy atom. The van der Waals surface area contributed by atoms with Crippen molar-refractivity contribution in [3.05, 3.63) is 0 Å². The molecule has 2 aliphatic heterocycles. The first-order valence-electron chi connectivity index (χ1n) is 5.35. The van der Waals surface area contributed by atoms with E-state index >= 15 is 0 Å². The Bertz CT molecular complexity index is 344. The molecule has 6 nitrogen and oxygen atoms in total. The van der Waals surface area contributed by atoms with E-state index in [1.807, 2.05) is 0 Å². The Morgan fingerprint density at radius 2 is 2.18 bits per heavy atom. The first-order valence-corrected chi connectivity index (χ1v) is 5.76. The molecule has 5 atom stereocenters. The van der Waals surface area contributed by atoms with Crippen LogP contribution in [-0.2, 0) is 14.2 Å². The minimum atomic E-state index is -1.05. The zero-order valence-corrected chi connectivity index (χ0v) is 10.4. The first kappa shape index (κ1) is 13.0. The van der Waals surface area contributed by atoms with E-state index in [0.29, 0.717) is 0 Å². The van der Waals surface area contributed by atoms with Crippen molar-refractivity contribution in [1.82, 2.24) is 0 Å². The molecule has 0 aliphatic carbocycles. The van der Waals surface area contributed by atoms with Crippen molar-refractivity contribution in [1.29, 1.82) is 0 Å². The summed E-state index contributed by atoms with van der Waals surface area (Å²) < 4.78 is 16.7. The second-order valence-corrected chi connectivity index (χ2v) is 4.71. The quantitative estimate of drug-likeness (QED) is 0.536. The van der Waals surface area contributed by atoms with Crippen molar-refractivity contribution >= 4 is 17.4 Å². The number of fused-ring (bicyclic) bond motifs is 1. The second-order valence-electron chi connectivity index (χ2n) is 4.53. The lowest BCUT2D eigenvalue weighted by molar-refractivity contribution is -0.217. The molecule has 2 rings (SSSR count). The Morgan fingerprint density at radius 1 is 1.47 bits per heavy atom. The normalized spacial score (nSPS) is 40.7. The summed E-state index contributed by atoms with van der Waals surface area (Å²) in [4.78, 5) is 3.95. The highest BCUT2D eigenvalue weighted by Gasteiger charge is 2.56. The lowest BCUT2D eigenvalue weighted by Crippen LogP contribution is -2.41. The molecule has 0 aromatic rings. The third kappa shape index (κ3) is 2.41. The molecule has 0 aromatic heterocycles. The number of isothiocyanates is 1. The summed E-state index contributed by atoms with van der Waals surface area (Å²) in [6.07, 6.45) is -2.78. The zero-order valence-electron chi connectivity index (χ0n) is 9.57. The van der Waals surface area contributed by atoms with Gasteiger partial charge in [-0.25, -0.2) is 4.99 Å². The highest BCUT2D eigenvalue weighted by Crippen LogP contribution is 2.39. The minimum Gasteiger partial charge on any atom is -0.394 e. The maximum absolute atomic E-state index is 9.63. The van der Waals surface area contributed by atoms with Crippen molar-refractivity contribution in [2.75, 3.05) is 6.61 Å². The molecule has 96 valence electrons. The third-order valence-corrected chi connectivity index (χ3v) is 2.93. The van der Waals surface area contributed by atoms with Crippen LogP contribution in [0.5, 0.6) is 0 Å². The van der Waals surface area contributed by atoms with E-state index in [-0.39, 0.29) is 0 Å². The number of ether oxygens (including phenoxy) is 3. The van der Waals surface area contributed by atoms with E-state index in [1.54, 1.807) is 13.8 Å². The molecular weight excluding hydrogens is 246 g/mol. The van der Waals surface area contributed by atoms with Crippen molar-refractivity contribution < 1.29 is 24.4 Å². The maximum atomic E-state index is 9.63. The van der Waals surface area contributed by atoms with Gasteiger partial charge in [0.1, 0.15) is 24.4 Å². The molecule has 17 heavy (non-hydrogen) atoms. The highest BCUT2D eigenvalue weighted by molar-refractivity contribution is 7.78. The molecule has 0 amide bonds. The smallest absolute Gasteiger partial charge is 0.189 e. The lowest BCUT2D eigenvalue weighted by atomic mass is 10.0. The number of aliphatic hydroxyl groups is 2. The topological polar surface area (TPSA) is 80.5 Å². The molecule has 0 unspecified atom stereocenters. The van der Waals surface area contributed by atoms with E-state index in [0.717, 1.165) is 0 Å². The maximum Gasteiger partial charge on any atom is 0.189 e. The third-order valence-electron chi connectivity index (χ3n) is 2.82. The lowest BCUT2D eigenvalue weighted by Gasteiger charge is -2.25. The summed E-state index contributed by atoms with van der Waals surface area (Å²) in [5.74, 6) is -0.750. The Kier molecular flexibility index (Phi) is 3.61. The van der Waals surface area contributed by atoms with E-state index in [2.05, 4.69) is 22.4 Å². The summed E-state index contributed by atoms with van der Waals surface area (Å²) in [5, 5.41) is 20.8. The predicted octanol–water partition coefficient (Wildman–Crippen LogP) is -0.313. The van der Waals surface area contributed by atoms with Crippen LogP contribution < -0.4 is 0 Å². The predicted molar refractivity (Wildman–Crippen MR) is 60.6 cm³/mol. The van der Waals surface area contributed by atoms with Crippen LogP contribution >= 0.6 is 12.2 Å². The van der Waals surface area contributed by atoms with Crippen LogP contribution in [0.25, 0.3) is 0 Å². The highest BCUT2D eigenvalue weighted by atomic mass is 32.1. The van der Waals surface area contributed by atoms with E-state index in [9.17, 15) is 5.11 Å². The van der Waals surface area contributed by atoms with Gasteiger partial charge in [-0.2, -0.15) is 0 Å². The molecule has 0 aromatic carbocycles. The number of aliphatic hydroxyl groups excluding tert-OH is 2. The summed E-state index contributed by atoms with van der Waals surface area (Å²) in [5.41, 5.74) is 0.